The van der Waals surface area contributed by atoms with Crippen LogP contribution in [0, 0.1) is 5.82 Å². The summed E-state index contributed by atoms with van der Waals surface area (Å²) >= 11 is 0. The van der Waals surface area contributed by atoms with Crippen molar-refractivity contribution in [1.29, 1.82) is 0 Å². The number of carbonyl (C=O) groups excluding carboxylic acids is 1. The first-order chi connectivity index (χ1) is 16.3. The van der Waals surface area contributed by atoms with Gasteiger partial charge in [0.25, 0.3) is 5.91 Å². The molecule has 186 valence electrons. The maximum Gasteiger partial charge on any atom is 0.421 e. The number of primary amides is 1. The summed E-state index contributed by atoms with van der Waals surface area (Å²) in [6.45, 7) is -0.371. The van der Waals surface area contributed by atoms with Crippen LogP contribution in [0.1, 0.15) is 21.6 Å². The first-order valence-electron chi connectivity index (χ1n) is 9.55. The molecule has 0 aliphatic rings. The third-order valence-corrected chi connectivity index (χ3v) is 5.72. The maximum absolute atomic E-state index is 14.0. The average molecular weight is 514 g/mol. The number of sulfonamides is 1. The van der Waals surface area contributed by atoms with E-state index in [4.69, 9.17) is 5.73 Å². The quantitative estimate of drug-likeness (QED) is 0.384. The summed E-state index contributed by atoms with van der Waals surface area (Å²) in [4.78, 5) is 26.5. The fraction of sp³-hybridized carbons (Fsp3) is 0.211. The van der Waals surface area contributed by atoms with Gasteiger partial charge in [-0.2, -0.15) is 18.2 Å². The van der Waals surface area contributed by atoms with Crippen LogP contribution < -0.4 is 20.7 Å². The van der Waals surface area contributed by atoms with E-state index in [9.17, 15) is 30.8 Å². The van der Waals surface area contributed by atoms with Crippen molar-refractivity contribution in [3.63, 3.8) is 0 Å². The van der Waals surface area contributed by atoms with Crippen molar-refractivity contribution in [2.24, 2.45) is 5.73 Å². The van der Waals surface area contributed by atoms with Crippen molar-refractivity contribution in [3.8, 4) is 0 Å². The van der Waals surface area contributed by atoms with Crippen LogP contribution in [0.2, 0.25) is 0 Å². The number of amides is 1. The van der Waals surface area contributed by atoms with Crippen molar-refractivity contribution in [1.82, 2.24) is 19.9 Å². The van der Waals surface area contributed by atoms with Gasteiger partial charge >= 0.3 is 6.18 Å². The molecule has 2 heterocycles. The number of anilines is 4. The second kappa shape index (κ2) is 9.65. The predicted molar refractivity (Wildman–Crippen MR) is 118 cm³/mol. The standard InChI is InChI=1S/C19H18F4N8O3S/c1-31(35(2,33)34)17-14(25-5-6-26-17)9-27-16-12(19(21,22)23)8-28-18(30-16)29-10-3-4-11(15(24)32)13(20)7-10/h3-8H,9H2,1-2H3,(H2,24,32)(H2,27,28,29,30). The topological polar surface area (TPSA) is 156 Å². The lowest BCUT2D eigenvalue weighted by Crippen LogP contribution is -2.27. The summed E-state index contributed by atoms with van der Waals surface area (Å²) < 4.78 is 79.1. The van der Waals surface area contributed by atoms with E-state index in [0.29, 0.717) is 6.20 Å². The summed E-state index contributed by atoms with van der Waals surface area (Å²) in [6.07, 6.45) is -0.895. The van der Waals surface area contributed by atoms with Crippen molar-refractivity contribution in [2.75, 3.05) is 28.2 Å². The van der Waals surface area contributed by atoms with Crippen LogP contribution in [0.3, 0.4) is 0 Å². The van der Waals surface area contributed by atoms with Gasteiger partial charge < -0.3 is 16.4 Å². The fourth-order valence-electron chi connectivity index (χ4n) is 2.78. The summed E-state index contributed by atoms with van der Waals surface area (Å²) in [5.74, 6) is -3.00. The number of hydrogen-bond donors (Lipinski definition) is 3. The highest BCUT2D eigenvalue weighted by atomic mass is 32.2. The van der Waals surface area contributed by atoms with Gasteiger partial charge in [-0.15, -0.1) is 0 Å². The molecule has 11 nitrogen and oxygen atoms in total. The predicted octanol–water partition coefficient (Wildman–Crippen LogP) is 2.27. The maximum atomic E-state index is 14.0. The zero-order valence-corrected chi connectivity index (χ0v) is 18.9. The highest BCUT2D eigenvalue weighted by molar-refractivity contribution is 7.92. The molecule has 0 unspecified atom stereocenters. The third kappa shape index (κ3) is 6.08. The first kappa shape index (κ1) is 25.5. The van der Waals surface area contributed by atoms with Gasteiger partial charge in [0.2, 0.25) is 16.0 Å². The third-order valence-electron chi connectivity index (χ3n) is 4.56. The van der Waals surface area contributed by atoms with Gasteiger partial charge in [0.15, 0.2) is 5.82 Å². The molecule has 0 fully saturated rings. The number of benzene rings is 1. The number of rotatable bonds is 8. The molecule has 4 N–H and O–H groups in total. The Kier molecular flexibility index (Phi) is 7.04. The van der Waals surface area contributed by atoms with Gasteiger partial charge in [0.1, 0.15) is 22.9 Å². The molecule has 3 aromatic rings. The van der Waals surface area contributed by atoms with Crippen LogP contribution in [-0.4, -0.2) is 47.6 Å². The molecule has 0 bridgehead atoms. The normalized spacial score (nSPS) is 11.7. The lowest BCUT2D eigenvalue weighted by molar-refractivity contribution is -0.137. The highest BCUT2D eigenvalue weighted by Crippen LogP contribution is 2.34. The molecule has 0 atom stereocenters. The molecule has 1 aromatic carbocycles. The Morgan fingerprint density at radius 3 is 2.46 bits per heavy atom. The van der Waals surface area contributed by atoms with Gasteiger partial charge in [0, 0.05) is 31.3 Å². The second-order valence-electron chi connectivity index (χ2n) is 7.05. The van der Waals surface area contributed by atoms with Crippen LogP contribution in [0.5, 0.6) is 0 Å². The molecule has 35 heavy (non-hydrogen) atoms. The van der Waals surface area contributed by atoms with Crippen LogP contribution in [-0.2, 0) is 22.7 Å². The fourth-order valence-corrected chi connectivity index (χ4v) is 3.24. The van der Waals surface area contributed by atoms with Gasteiger partial charge in [-0.3, -0.25) is 14.1 Å². The van der Waals surface area contributed by atoms with E-state index >= 15 is 0 Å². The lowest BCUT2D eigenvalue weighted by Gasteiger charge is -2.19. The highest BCUT2D eigenvalue weighted by Gasteiger charge is 2.35. The molecule has 0 spiro atoms. The first-order valence-corrected chi connectivity index (χ1v) is 11.4. The van der Waals surface area contributed by atoms with E-state index < -0.39 is 39.3 Å². The molecule has 0 aliphatic carbocycles. The number of nitrogens with zero attached hydrogens (tertiary/aromatic N) is 5. The largest absolute Gasteiger partial charge is 0.421 e. The van der Waals surface area contributed by atoms with E-state index in [0.717, 1.165) is 22.7 Å². The Bertz CT molecular complexity index is 1370. The Morgan fingerprint density at radius 1 is 1.17 bits per heavy atom. The summed E-state index contributed by atoms with van der Waals surface area (Å²) in [7, 11) is -2.50. The van der Waals surface area contributed by atoms with E-state index in [1.807, 2.05) is 0 Å². The van der Waals surface area contributed by atoms with Crippen LogP contribution in [0.4, 0.5) is 40.8 Å². The monoisotopic (exact) mass is 514 g/mol. The minimum absolute atomic E-state index is 0.0331. The number of alkyl halides is 3. The molecular formula is C19H18F4N8O3S. The summed E-state index contributed by atoms with van der Waals surface area (Å²) in [6, 6.07) is 3.27. The van der Waals surface area contributed by atoms with Crippen molar-refractivity contribution < 1.29 is 30.8 Å². The minimum Gasteiger partial charge on any atom is -0.366 e. The Labute approximate surface area is 196 Å². The van der Waals surface area contributed by atoms with E-state index in [2.05, 4.69) is 30.6 Å². The van der Waals surface area contributed by atoms with Crippen molar-refractivity contribution >= 4 is 39.2 Å². The number of nitrogens with one attached hydrogen (secondary N) is 2. The molecule has 3 rings (SSSR count). The van der Waals surface area contributed by atoms with Crippen molar-refractivity contribution in [3.05, 3.63) is 59.4 Å². The summed E-state index contributed by atoms with van der Waals surface area (Å²) in [5, 5.41) is 5.01. The minimum atomic E-state index is -4.83. The molecule has 0 radical (unpaired) electrons. The van der Waals surface area contributed by atoms with Crippen LogP contribution in [0.25, 0.3) is 0 Å². The number of hydrogen-bond acceptors (Lipinski definition) is 9. The van der Waals surface area contributed by atoms with Gasteiger partial charge in [-0.25, -0.2) is 22.8 Å². The van der Waals surface area contributed by atoms with E-state index in [1.165, 1.54) is 25.5 Å². The Hall–Kier alpha value is -4.08. The smallest absolute Gasteiger partial charge is 0.366 e. The van der Waals surface area contributed by atoms with Crippen LogP contribution in [0.15, 0.2) is 36.8 Å². The van der Waals surface area contributed by atoms with Gasteiger partial charge in [-0.1, -0.05) is 0 Å². The molecule has 1 amide bonds. The number of halogens is 4. The zero-order valence-electron chi connectivity index (χ0n) is 18.1. The molecule has 0 saturated heterocycles. The Balaban J connectivity index is 1.92. The Morgan fingerprint density at radius 2 is 1.86 bits per heavy atom. The lowest BCUT2D eigenvalue weighted by atomic mass is 10.2. The molecule has 0 saturated carbocycles. The average Bonchev–Trinajstić information content (AvgIpc) is 2.76. The molecule has 16 heteroatoms. The zero-order chi connectivity index (χ0) is 26.0. The second-order valence-corrected chi connectivity index (χ2v) is 9.06. The number of nitrogens with two attached hydrogens (primary N) is 1. The summed E-state index contributed by atoms with van der Waals surface area (Å²) in [5.41, 5.74) is 3.54. The van der Waals surface area contributed by atoms with E-state index in [-0.39, 0.29) is 35.3 Å². The van der Waals surface area contributed by atoms with E-state index in [1.54, 1.807) is 0 Å². The van der Waals surface area contributed by atoms with Gasteiger partial charge in [0.05, 0.1) is 18.4 Å². The number of aromatic nitrogens is 4. The van der Waals surface area contributed by atoms with Crippen LogP contribution >= 0.6 is 0 Å². The number of carbonyl (C=O) groups is 1. The molecular weight excluding hydrogens is 496 g/mol. The van der Waals surface area contributed by atoms with Crippen molar-refractivity contribution in [2.45, 2.75) is 12.7 Å². The SMILES string of the molecule is CN(c1nccnc1CNc1nc(Nc2ccc(C(N)=O)c(F)c2)ncc1C(F)(F)F)S(C)(=O)=O. The molecule has 0 aliphatic heterocycles. The van der Waals surface area contributed by atoms with Gasteiger partial charge in [-0.05, 0) is 18.2 Å². The molecule has 2 aromatic heterocycles.